The van der Waals surface area contributed by atoms with Crippen LogP contribution in [0.2, 0.25) is 0 Å². The van der Waals surface area contributed by atoms with Crippen LogP contribution in [0.3, 0.4) is 0 Å². The third-order valence-electron chi connectivity index (χ3n) is 3.66. The summed E-state index contributed by atoms with van der Waals surface area (Å²) in [6.45, 7) is 4.07. The largest absolute Gasteiger partial charge is 0.296 e. The highest BCUT2D eigenvalue weighted by molar-refractivity contribution is 5.82. The smallest absolute Gasteiger partial charge is 0.172 e. The van der Waals surface area contributed by atoms with Gasteiger partial charge in [0.25, 0.3) is 0 Å². The zero-order valence-corrected chi connectivity index (χ0v) is 13.1. The first-order valence-corrected chi connectivity index (χ1v) is 7.40. The number of carbonyl (C=O) groups excluding carboxylic acids is 1. The highest BCUT2D eigenvalue weighted by Crippen LogP contribution is 2.19. The number of carbonyl (C=O) groups is 1. The van der Waals surface area contributed by atoms with Gasteiger partial charge in [0, 0.05) is 0 Å². The van der Waals surface area contributed by atoms with Gasteiger partial charge in [-0.2, -0.15) is 0 Å². The molecule has 0 atom stereocenters. The van der Waals surface area contributed by atoms with Gasteiger partial charge >= 0.3 is 0 Å². The fourth-order valence-corrected chi connectivity index (χ4v) is 2.50. The van der Waals surface area contributed by atoms with E-state index in [4.69, 9.17) is 0 Å². The lowest BCUT2D eigenvalue weighted by molar-refractivity contribution is 0.111. The predicted molar refractivity (Wildman–Crippen MR) is 91.6 cm³/mol. The molecule has 0 unspecified atom stereocenters. The molecule has 1 aromatic heterocycles. The fourth-order valence-electron chi connectivity index (χ4n) is 2.50. The van der Waals surface area contributed by atoms with E-state index in [1.54, 1.807) is 4.68 Å². The van der Waals surface area contributed by atoms with Crippen molar-refractivity contribution in [3.05, 3.63) is 76.6 Å². The molecule has 0 fully saturated rings. The maximum Gasteiger partial charge on any atom is 0.172 e. The van der Waals surface area contributed by atoms with Crippen molar-refractivity contribution < 1.29 is 4.79 Å². The number of aryl methyl sites for hydroxylation is 2. The Kier molecular flexibility index (Phi) is 4.15. The Bertz CT molecular complexity index is 864. The van der Waals surface area contributed by atoms with Crippen LogP contribution in [0, 0.1) is 13.8 Å². The van der Waals surface area contributed by atoms with E-state index in [1.165, 1.54) is 5.56 Å². The van der Waals surface area contributed by atoms with E-state index in [2.05, 4.69) is 16.4 Å². The van der Waals surface area contributed by atoms with Crippen molar-refractivity contribution in [2.24, 2.45) is 0 Å². The summed E-state index contributed by atoms with van der Waals surface area (Å²) in [6, 6.07) is 16.0. The van der Waals surface area contributed by atoms with Gasteiger partial charge in [-0.1, -0.05) is 59.3 Å². The molecule has 23 heavy (non-hydrogen) atoms. The Morgan fingerprint density at radius 1 is 1.00 bits per heavy atom. The summed E-state index contributed by atoms with van der Waals surface area (Å²) in [4.78, 5) is 11.3. The van der Waals surface area contributed by atoms with Gasteiger partial charge in [0.05, 0.1) is 11.4 Å². The molecule has 2 aromatic carbocycles. The van der Waals surface area contributed by atoms with Gasteiger partial charge in [-0.25, -0.2) is 4.68 Å². The fraction of sp³-hybridized carbons (Fsp3) is 0.105. The first-order valence-electron chi connectivity index (χ1n) is 7.40. The molecule has 0 saturated heterocycles. The average Bonchev–Trinajstić information content (AvgIpc) is 2.96. The number of aromatic nitrogens is 3. The second-order valence-electron chi connectivity index (χ2n) is 5.42. The van der Waals surface area contributed by atoms with Gasteiger partial charge in [0.15, 0.2) is 12.0 Å². The molecular formula is C19H17N3O. The molecular weight excluding hydrogens is 286 g/mol. The van der Waals surface area contributed by atoms with Crippen molar-refractivity contribution in [3.8, 4) is 5.69 Å². The molecule has 0 aliphatic rings. The lowest BCUT2D eigenvalue weighted by atomic mass is 10.1. The SMILES string of the molecule is Cc1ccc(-n2nnc(C=O)c2/C=C/c2ccccc2)c(C)c1. The summed E-state index contributed by atoms with van der Waals surface area (Å²) >= 11 is 0. The molecule has 0 amide bonds. The maximum atomic E-state index is 11.3. The van der Waals surface area contributed by atoms with Gasteiger partial charge in [-0.05, 0) is 37.1 Å². The van der Waals surface area contributed by atoms with Crippen molar-refractivity contribution in [1.82, 2.24) is 15.0 Å². The number of nitrogens with zero attached hydrogens (tertiary/aromatic N) is 3. The first-order chi connectivity index (χ1) is 11.2. The number of aldehydes is 1. The minimum atomic E-state index is 0.331. The summed E-state index contributed by atoms with van der Waals surface area (Å²) in [5.74, 6) is 0. The van der Waals surface area contributed by atoms with Crippen molar-refractivity contribution >= 4 is 18.4 Å². The van der Waals surface area contributed by atoms with Crippen LogP contribution in [-0.2, 0) is 0 Å². The lowest BCUT2D eigenvalue weighted by Gasteiger charge is -2.08. The van der Waals surface area contributed by atoms with Gasteiger partial charge in [0.1, 0.15) is 0 Å². The van der Waals surface area contributed by atoms with Crippen molar-refractivity contribution in [3.63, 3.8) is 0 Å². The average molecular weight is 303 g/mol. The van der Waals surface area contributed by atoms with Gasteiger partial charge in [0.2, 0.25) is 0 Å². The van der Waals surface area contributed by atoms with Crippen LogP contribution >= 0.6 is 0 Å². The molecule has 0 spiro atoms. The van der Waals surface area contributed by atoms with Crippen LogP contribution in [0.25, 0.3) is 17.8 Å². The monoisotopic (exact) mass is 303 g/mol. The molecule has 0 aliphatic carbocycles. The lowest BCUT2D eigenvalue weighted by Crippen LogP contribution is -2.02. The van der Waals surface area contributed by atoms with Crippen LogP contribution in [-0.4, -0.2) is 21.3 Å². The Labute approximate surface area is 135 Å². The summed E-state index contributed by atoms with van der Waals surface area (Å²) in [5, 5.41) is 8.12. The first kappa shape index (κ1) is 14.9. The minimum absolute atomic E-state index is 0.331. The molecule has 4 nitrogen and oxygen atoms in total. The quantitative estimate of drug-likeness (QED) is 0.687. The molecule has 0 N–H and O–H groups in total. The van der Waals surface area contributed by atoms with E-state index in [0.29, 0.717) is 11.4 Å². The predicted octanol–water partition coefficient (Wildman–Crippen LogP) is 3.87. The van der Waals surface area contributed by atoms with Crippen LogP contribution < -0.4 is 0 Å². The van der Waals surface area contributed by atoms with Gasteiger partial charge < -0.3 is 0 Å². The molecule has 114 valence electrons. The Balaban J connectivity index is 2.07. The van der Waals surface area contributed by atoms with Gasteiger partial charge in [-0.15, -0.1) is 5.10 Å². The standard InChI is InChI=1S/C19H17N3O/c1-14-8-10-18(15(2)12-14)22-19(17(13-23)20-21-22)11-9-16-6-4-3-5-7-16/h3-13H,1-2H3/b11-9+. The molecule has 0 radical (unpaired) electrons. The Morgan fingerprint density at radius 3 is 2.48 bits per heavy atom. The zero-order chi connectivity index (χ0) is 16.2. The van der Waals surface area contributed by atoms with Crippen molar-refractivity contribution in [2.75, 3.05) is 0 Å². The Hall–Kier alpha value is -3.01. The molecule has 0 bridgehead atoms. The van der Waals surface area contributed by atoms with E-state index in [0.717, 1.165) is 23.1 Å². The highest BCUT2D eigenvalue weighted by Gasteiger charge is 2.12. The summed E-state index contributed by atoms with van der Waals surface area (Å²) < 4.78 is 1.71. The zero-order valence-electron chi connectivity index (χ0n) is 13.1. The molecule has 4 heteroatoms. The van der Waals surface area contributed by atoms with E-state index in [9.17, 15) is 4.79 Å². The molecule has 1 heterocycles. The van der Waals surface area contributed by atoms with Crippen LogP contribution in [0.4, 0.5) is 0 Å². The number of benzene rings is 2. The summed E-state index contributed by atoms with van der Waals surface area (Å²) in [5.41, 5.74) is 5.25. The Morgan fingerprint density at radius 2 is 1.78 bits per heavy atom. The minimum Gasteiger partial charge on any atom is -0.296 e. The summed E-state index contributed by atoms with van der Waals surface area (Å²) in [7, 11) is 0. The third kappa shape index (κ3) is 3.11. The molecule has 3 aromatic rings. The van der Waals surface area contributed by atoms with E-state index in [-0.39, 0.29) is 0 Å². The maximum absolute atomic E-state index is 11.3. The van der Waals surface area contributed by atoms with E-state index >= 15 is 0 Å². The molecule has 0 saturated carbocycles. The highest BCUT2D eigenvalue weighted by atomic mass is 16.1. The van der Waals surface area contributed by atoms with Crippen LogP contribution in [0.5, 0.6) is 0 Å². The second-order valence-corrected chi connectivity index (χ2v) is 5.42. The molecule has 3 rings (SSSR count). The third-order valence-corrected chi connectivity index (χ3v) is 3.66. The second kappa shape index (κ2) is 6.40. The van der Waals surface area contributed by atoms with E-state index in [1.807, 2.05) is 68.5 Å². The normalized spacial score (nSPS) is 11.0. The van der Waals surface area contributed by atoms with Crippen LogP contribution in [0.15, 0.2) is 48.5 Å². The van der Waals surface area contributed by atoms with Gasteiger partial charge in [-0.3, -0.25) is 4.79 Å². The summed E-state index contributed by atoms with van der Waals surface area (Å²) in [6.07, 6.45) is 4.56. The molecule has 0 aliphatic heterocycles. The number of rotatable bonds is 4. The van der Waals surface area contributed by atoms with Crippen molar-refractivity contribution in [2.45, 2.75) is 13.8 Å². The topological polar surface area (TPSA) is 47.8 Å². The number of hydrogen-bond donors (Lipinski definition) is 0. The van der Waals surface area contributed by atoms with E-state index < -0.39 is 0 Å². The number of hydrogen-bond acceptors (Lipinski definition) is 3. The van der Waals surface area contributed by atoms with Crippen LogP contribution in [0.1, 0.15) is 32.9 Å². The van der Waals surface area contributed by atoms with Crippen molar-refractivity contribution in [1.29, 1.82) is 0 Å².